The van der Waals surface area contributed by atoms with Crippen LogP contribution in [0.5, 0.6) is 5.75 Å². The lowest BCUT2D eigenvalue weighted by Gasteiger charge is -2.15. The summed E-state index contributed by atoms with van der Waals surface area (Å²) >= 11 is 0. The molecule has 2 nitrogen and oxygen atoms in total. The Hall–Kier alpha value is -1.02. The van der Waals surface area contributed by atoms with Crippen molar-refractivity contribution in [2.75, 3.05) is 6.61 Å². The standard InChI is InChI=1S/C15H25NO/c1-3-5-6-13(4-2)12-17-15-9-7-14(11-16)8-10-15/h7-10,13H,3-6,11-12,16H2,1-2H3. The Morgan fingerprint density at radius 2 is 1.88 bits per heavy atom. The summed E-state index contributed by atoms with van der Waals surface area (Å²) in [5, 5.41) is 0. The fourth-order valence-electron chi connectivity index (χ4n) is 1.83. The van der Waals surface area contributed by atoms with Crippen LogP contribution in [-0.4, -0.2) is 6.61 Å². The lowest BCUT2D eigenvalue weighted by Crippen LogP contribution is -2.11. The maximum atomic E-state index is 5.81. The van der Waals surface area contributed by atoms with E-state index in [1.54, 1.807) is 0 Å². The van der Waals surface area contributed by atoms with Crippen molar-refractivity contribution in [3.8, 4) is 5.75 Å². The Balaban J connectivity index is 2.36. The third kappa shape index (κ3) is 5.22. The van der Waals surface area contributed by atoms with Crippen molar-refractivity contribution < 1.29 is 4.74 Å². The van der Waals surface area contributed by atoms with E-state index in [0.29, 0.717) is 12.5 Å². The second kappa shape index (κ2) is 8.13. The van der Waals surface area contributed by atoms with Crippen LogP contribution in [0.25, 0.3) is 0 Å². The average molecular weight is 235 g/mol. The lowest BCUT2D eigenvalue weighted by atomic mass is 10.0. The predicted octanol–water partition coefficient (Wildman–Crippen LogP) is 3.74. The third-order valence-corrected chi connectivity index (χ3v) is 3.19. The summed E-state index contributed by atoms with van der Waals surface area (Å²) in [6, 6.07) is 8.08. The smallest absolute Gasteiger partial charge is 0.119 e. The van der Waals surface area contributed by atoms with Crippen LogP contribution < -0.4 is 10.5 Å². The molecule has 0 spiro atoms. The minimum absolute atomic E-state index is 0.592. The summed E-state index contributed by atoms with van der Waals surface area (Å²) in [4.78, 5) is 0. The molecule has 1 rings (SSSR count). The van der Waals surface area contributed by atoms with Crippen molar-refractivity contribution in [2.24, 2.45) is 11.7 Å². The van der Waals surface area contributed by atoms with E-state index in [2.05, 4.69) is 13.8 Å². The monoisotopic (exact) mass is 235 g/mol. The topological polar surface area (TPSA) is 35.2 Å². The van der Waals surface area contributed by atoms with Gasteiger partial charge in [-0.25, -0.2) is 0 Å². The zero-order valence-electron chi connectivity index (χ0n) is 11.1. The zero-order valence-corrected chi connectivity index (χ0v) is 11.1. The molecule has 0 aliphatic carbocycles. The molecule has 0 saturated carbocycles. The van der Waals surface area contributed by atoms with Gasteiger partial charge < -0.3 is 10.5 Å². The number of unbranched alkanes of at least 4 members (excludes halogenated alkanes) is 1. The highest BCUT2D eigenvalue weighted by molar-refractivity contribution is 5.27. The van der Waals surface area contributed by atoms with E-state index >= 15 is 0 Å². The van der Waals surface area contributed by atoms with Crippen LogP contribution in [0.1, 0.15) is 45.1 Å². The molecule has 0 radical (unpaired) electrons. The highest BCUT2D eigenvalue weighted by Crippen LogP contribution is 2.17. The Morgan fingerprint density at radius 3 is 2.41 bits per heavy atom. The van der Waals surface area contributed by atoms with Gasteiger partial charge in [0.15, 0.2) is 0 Å². The highest BCUT2D eigenvalue weighted by Gasteiger charge is 2.06. The van der Waals surface area contributed by atoms with Crippen LogP contribution in [-0.2, 0) is 6.54 Å². The summed E-state index contributed by atoms with van der Waals surface area (Å²) in [6.07, 6.45) is 5.03. The van der Waals surface area contributed by atoms with Gasteiger partial charge in [0.1, 0.15) is 5.75 Å². The maximum absolute atomic E-state index is 5.81. The number of benzene rings is 1. The van der Waals surface area contributed by atoms with Crippen LogP contribution in [0, 0.1) is 5.92 Å². The summed E-state index contributed by atoms with van der Waals surface area (Å²) in [7, 11) is 0. The molecule has 0 saturated heterocycles. The molecule has 2 heteroatoms. The predicted molar refractivity (Wildman–Crippen MR) is 73.1 cm³/mol. The molecule has 0 heterocycles. The first-order chi connectivity index (χ1) is 8.30. The lowest BCUT2D eigenvalue weighted by molar-refractivity contribution is 0.233. The summed E-state index contributed by atoms with van der Waals surface area (Å²) < 4.78 is 5.81. The Morgan fingerprint density at radius 1 is 1.18 bits per heavy atom. The van der Waals surface area contributed by atoms with E-state index in [-0.39, 0.29) is 0 Å². The van der Waals surface area contributed by atoms with Gasteiger partial charge in [0.2, 0.25) is 0 Å². The second-order valence-corrected chi connectivity index (χ2v) is 4.58. The largest absolute Gasteiger partial charge is 0.493 e. The molecule has 96 valence electrons. The van der Waals surface area contributed by atoms with Gasteiger partial charge in [-0.3, -0.25) is 0 Å². The molecule has 0 fully saturated rings. The summed E-state index contributed by atoms with van der Waals surface area (Å²) in [5.41, 5.74) is 6.71. The van der Waals surface area contributed by atoms with Crippen molar-refractivity contribution in [1.82, 2.24) is 0 Å². The number of nitrogens with two attached hydrogens (primary N) is 1. The minimum Gasteiger partial charge on any atom is -0.493 e. The quantitative estimate of drug-likeness (QED) is 0.745. The number of ether oxygens (including phenoxy) is 1. The molecule has 0 aliphatic rings. The third-order valence-electron chi connectivity index (χ3n) is 3.19. The normalized spacial score (nSPS) is 12.4. The van der Waals surface area contributed by atoms with Gasteiger partial charge >= 0.3 is 0 Å². The van der Waals surface area contributed by atoms with Crippen LogP contribution in [0.3, 0.4) is 0 Å². The molecule has 1 unspecified atom stereocenters. The Kier molecular flexibility index (Phi) is 6.71. The molecule has 0 aromatic heterocycles. The Labute approximate surface area is 105 Å². The molecule has 0 amide bonds. The number of hydrogen-bond acceptors (Lipinski definition) is 2. The van der Waals surface area contributed by atoms with E-state index in [1.165, 1.54) is 25.7 Å². The Bertz CT molecular complexity index is 294. The second-order valence-electron chi connectivity index (χ2n) is 4.58. The number of rotatable bonds is 8. The van der Waals surface area contributed by atoms with E-state index in [0.717, 1.165) is 17.9 Å². The first-order valence-electron chi connectivity index (χ1n) is 6.71. The maximum Gasteiger partial charge on any atom is 0.119 e. The van der Waals surface area contributed by atoms with Crippen molar-refractivity contribution >= 4 is 0 Å². The summed E-state index contributed by atoms with van der Waals surface area (Å²) in [6.45, 7) is 5.90. The molecule has 2 N–H and O–H groups in total. The molecule has 0 aliphatic heterocycles. The van der Waals surface area contributed by atoms with Crippen molar-refractivity contribution in [3.63, 3.8) is 0 Å². The van der Waals surface area contributed by atoms with Crippen LogP contribution in [0.4, 0.5) is 0 Å². The molecule has 17 heavy (non-hydrogen) atoms. The van der Waals surface area contributed by atoms with E-state index in [1.807, 2.05) is 24.3 Å². The van der Waals surface area contributed by atoms with E-state index in [4.69, 9.17) is 10.5 Å². The van der Waals surface area contributed by atoms with Crippen LogP contribution >= 0.6 is 0 Å². The molecule has 0 bridgehead atoms. The van der Waals surface area contributed by atoms with Gasteiger partial charge in [0, 0.05) is 6.54 Å². The van der Waals surface area contributed by atoms with Gasteiger partial charge in [0.05, 0.1) is 6.61 Å². The first kappa shape index (κ1) is 14.0. The number of hydrogen-bond donors (Lipinski definition) is 1. The first-order valence-corrected chi connectivity index (χ1v) is 6.71. The van der Waals surface area contributed by atoms with Crippen molar-refractivity contribution in [3.05, 3.63) is 29.8 Å². The van der Waals surface area contributed by atoms with E-state index in [9.17, 15) is 0 Å². The summed E-state index contributed by atoms with van der Waals surface area (Å²) in [5.74, 6) is 1.64. The molecular formula is C15H25NO. The minimum atomic E-state index is 0.592. The highest BCUT2D eigenvalue weighted by atomic mass is 16.5. The van der Waals surface area contributed by atoms with Gasteiger partial charge in [-0.15, -0.1) is 0 Å². The molecule has 1 aromatic carbocycles. The fraction of sp³-hybridized carbons (Fsp3) is 0.600. The van der Waals surface area contributed by atoms with Gasteiger partial charge in [-0.1, -0.05) is 45.2 Å². The SMILES string of the molecule is CCCCC(CC)COc1ccc(CN)cc1. The van der Waals surface area contributed by atoms with Gasteiger partial charge in [-0.2, -0.15) is 0 Å². The van der Waals surface area contributed by atoms with E-state index < -0.39 is 0 Å². The van der Waals surface area contributed by atoms with Crippen molar-refractivity contribution in [1.29, 1.82) is 0 Å². The fourth-order valence-corrected chi connectivity index (χ4v) is 1.83. The van der Waals surface area contributed by atoms with Crippen LogP contribution in [0.2, 0.25) is 0 Å². The zero-order chi connectivity index (χ0) is 12.5. The van der Waals surface area contributed by atoms with Gasteiger partial charge in [-0.05, 0) is 30.0 Å². The average Bonchev–Trinajstić information content (AvgIpc) is 2.39. The van der Waals surface area contributed by atoms with Gasteiger partial charge in [0.25, 0.3) is 0 Å². The molecule has 1 atom stereocenters. The van der Waals surface area contributed by atoms with Crippen LogP contribution in [0.15, 0.2) is 24.3 Å². The molecule has 1 aromatic rings. The van der Waals surface area contributed by atoms with Crippen molar-refractivity contribution in [2.45, 2.75) is 46.1 Å². The molecular weight excluding hydrogens is 210 g/mol.